The summed E-state index contributed by atoms with van der Waals surface area (Å²) in [6.45, 7) is -0.0446. The van der Waals surface area contributed by atoms with Crippen molar-refractivity contribution in [2.24, 2.45) is 0 Å². The Morgan fingerprint density at radius 1 is 1.14 bits per heavy atom. The van der Waals surface area contributed by atoms with Gasteiger partial charge < -0.3 is 4.74 Å². The Morgan fingerprint density at radius 3 is 2.36 bits per heavy atom. The lowest BCUT2D eigenvalue weighted by Crippen LogP contribution is -2.23. The molecule has 22 heavy (non-hydrogen) atoms. The van der Waals surface area contributed by atoms with Gasteiger partial charge in [-0.3, -0.25) is 4.79 Å². The summed E-state index contributed by atoms with van der Waals surface area (Å²) in [5.74, 6) is -3.46. The molecule has 0 aliphatic rings. The van der Waals surface area contributed by atoms with E-state index in [0.717, 1.165) is 6.07 Å². The third-order valence-corrected chi connectivity index (χ3v) is 3.37. The van der Waals surface area contributed by atoms with Crippen LogP contribution in [0, 0.1) is 5.82 Å². The lowest BCUT2D eigenvalue weighted by atomic mass is 10.1. The molecule has 0 aliphatic carbocycles. The van der Waals surface area contributed by atoms with Gasteiger partial charge in [0.15, 0.2) is 0 Å². The zero-order chi connectivity index (χ0) is 16.3. The number of carbonyl (C=O) groups is 1. The molecule has 0 atom stereocenters. The van der Waals surface area contributed by atoms with E-state index in [1.807, 2.05) is 0 Å². The second-order valence-electron chi connectivity index (χ2n) is 4.36. The summed E-state index contributed by atoms with van der Waals surface area (Å²) in [5.41, 5.74) is -0.155. The molecule has 2 aromatic carbocycles. The molecule has 0 bridgehead atoms. The second kappa shape index (κ2) is 6.48. The van der Waals surface area contributed by atoms with Crippen LogP contribution in [0.2, 0.25) is 0 Å². The number of rotatable bonds is 4. The molecule has 0 heterocycles. The topological polar surface area (TPSA) is 26.3 Å². The molecule has 0 N–H and O–H groups in total. The van der Waals surface area contributed by atoms with E-state index < -0.39 is 23.3 Å². The Bertz CT molecular complexity index is 684. The van der Waals surface area contributed by atoms with Crippen molar-refractivity contribution in [3.63, 3.8) is 0 Å². The number of Topliss-reactive ketones (excluding diaryl/α,β-unsaturated/α-hetero) is 1. The van der Waals surface area contributed by atoms with Crippen LogP contribution in [0.25, 0.3) is 0 Å². The van der Waals surface area contributed by atoms with Gasteiger partial charge in [-0.05, 0) is 33.6 Å². The Labute approximate surface area is 131 Å². The normalized spacial score (nSPS) is 11.3. The van der Waals surface area contributed by atoms with E-state index in [1.165, 1.54) is 0 Å². The summed E-state index contributed by atoms with van der Waals surface area (Å²) in [6.07, 6.45) is -5.11. The maximum absolute atomic E-state index is 13.4. The molecule has 7 heteroatoms. The second-order valence-corrected chi connectivity index (χ2v) is 5.22. The van der Waals surface area contributed by atoms with Gasteiger partial charge in [-0.1, -0.05) is 30.3 Å². The summed E-state index contributed by atoms with van der Waals surface area (Å²) in [6, 6.07) is 10.2. The Kier molecular flexibility index (Phi) is 4.85. The molecule has 0 fully saturated rings. The minimum atomic E-state index is -5.11. The molecule has 0 radical (unpaired) electrons. The molecule has 2 nitrogen and oxygen atoms in total. The molecule has 0 spiro atoms. The lowest BCUT2D eigenvalue weighted by molar-refractivity contribution is -0.0887. The summed E-state index contributed by atoms with van der Waals surface area (Å²) >= 11 is 2.86. The smallest absolute Gasteiger partial charge is 0.455 e. The van der Waals surface area contributed by atoms with Gasteiger partial charge in [0.05, 0.1) is 10.0 Å². The van der Waals surface area contributed by atoms with E-state index >= 15 is 0 Å². The van der Waals surface area contributed by atoms with Crippen molar-refractivity contribution < 1.29 is 27.1 Å². The van der Waals surface area contributed by atoms with Crippen LogP contribution in [0.3, 0.4) is 0 Å². The van der Waals surface area contributed by atoms with E-state index in [9.17, 15) is 22.4 Å². The van der Waals surface area contributed by atoms with Gasteiger partial charge in [0.1, 0.15) is 18.2 Å². The highest BCUT2D eigenvalue weighted by Crippen LogP contribution is 2.32. The minimum Gasteiger partial charge on any atom is -0.488 e. The number of halogens is 5. The van der Waals surface area contributed by atoms with Crippen molar-refractivity contribution in [1.82, 2.24) is 0 Å². The molecule has 2 rings (SSSR count). The number of ketones is 1. The SMILES string of the molecule is O=C(c1cc(F)c(Br)cc1OCc1ccccc1)C(F)(F)F. The molecule has 0 saturated carbocycles. The molecule has 0 unspecified atom stereocenters. The largest absolute Gasteiger partial charge is 0.488 e. The summed E-state index contributed by atoms with van der Waals surface area (Å²) in [7, 11) is 0. The highest BCUT2D eigenvalue weighted by atomic mass is 79.9. The van der Waals surface area contributed by atoms with Gasteiger partial charge in [0, 0.05) is 0 Å². The first-order valence-corrected chi connectivity index (χ1v) is 6.85. The van der Waals surface area contributed by atoms with Gasteiger partial charge in [-0.25, -0.2) is 4.39 Å². The third-order valence-electron chi connectivity index (χ3n) is 2.76. The van der Waals surface area contributed by atoms with Crippen molar-refractivity contribution in [1.29, 1.82) is 0 Å². The third kappa shape index (κ3) is 3.85. The van der Waals surface area contributed by atoms with Gasteiger partial charge in [-0.2, -0.15) is 13.2 Å². The van der Waals surface area contributed by atoms with Crippen LogP contribution in [0.15, 0.2) is 46.9 Å². The van der Waals surface area contributed by atoms with Crippen molar-refractivity contribution in [3.8, 4) is 5.75 Å². The molecular formula is C15H9BrF4O2. The van der Waals surface area contributed by atoms with Crippen molar-refractivity contribution in [3.05, 3.63) is 63.9 Å². The molecule has 116 valence electrons. The number of carbonyl (C=O) groups excluding carboxylic acids is 1. The van der Waals surface area contributed by atoms with Crippen molar-refractivity contribution in [2.75, 3.05) is 0 Å². The van der Waals surface area contributed by atoms with Crippen LogP contribution in [0.1, 0.15) is 15.9 Å². The van der Waals surface area contributed by atoms with Gasteiger partial charge in [0.25, 0.3) is 5.78 Å². The number of hydrogen-bond donors (Lipinski definition) is 0. The zero-order valence-corrected chi connectivity index (χ0v) is 12.5. The van der Waals surface area contributed by atoms with Crippen molar-refractivity contribution in [2.45, 2.75) is 12.8 Å². The maximum atomic E-state index is 13.4. The van der Waals surface area contributed by atoms with Crippen molar-refractivity contribution >= 4 is 21.7 Å². The van der Waals surface area contributed by atoms with Gasteiger partial charge >= 0.3 is 6.18 Å². The van der Waals surface area contributed by atoms with Crippen LogP contribution in [0.4, 0.5) is 17.6 Å². The van der Waals surface area contributed by atoms with Crippen LogP contribution in [-0.2, 0) is 6.61 Å². The number of ether oxygens (including phenoxy) is 1. The molecule has 0 aliphatic heterocycles. The fourth-order valence-corrected chi connectivity index (χ4v) is 2.04. The van der Waals surface area contributed by atoms with E-state index in [0.29, 0.717) is 11.6 Å². The lowest BCUT2D eigenvalue weighted by Gasteiger charge is -2.13. The average molecular weight is 377 g/mol. The van der Waals surface area contributed by atoms with Crippen LogP contribution < -0.4 is 4.74 Å². The predicted octanol–water partition coefficient (Wildman–Crippen LogP) is 4.91. The van der Waals surface area contributed by atoms with Crippen LogP contribution in [0.5, 0.6) is 5.75 Å². The average Bonchev–Trinajstić information content (AvgIpc) is 2.47. The van der Waals surface area contributed by atoms with E-state index in [4.69, 9.17) is 4.74 Å². The van der Waals surface area contributed by atoms with Gasteiger partial charge in [0.2, 0.25) is 0 Å². The van der Waals surface area contributed by atoms with Gasteiger partial charge in [-0.15, -0.1) is 0 Å². The van der Waals surface area contributed by atoms with Crippen LogP contribution in [-0.4, -0.2) is 12.0 Å². The Hall–Kier alpha value is -1.89. The van der Waals surface area contributed by atoms with E-state index in [1.54, 1.807) is 30.3 Å². The first-order valence-electron chi connectivity index (χ1n) is 6.06. The van der Waals surface area contributed by atoms with E-state index in [2.05, 4.69) is 15.9 Å². The molecule has 0 aromatic heterocycles. The van der Waals surface area contributed by atoms with E-state index in [-0.39, 0.29) is 16.8 Å². The monoisotopic (exact) mass is 376 g/mol. The minimum absolute atomic E-state index is 0.0446. The fraction of sp³-hybridized carbons (Fsp3) is 0.133. The first-order chi connectivity index (χ1) is 10.3. The molecular weight excluding hydrogens is 368 g/mol. The van der Waals surface area contributed by atoms with Crippen LogP contribution >= 0.6 is 15.9 Å². The molecule has 2 aromatic rings. The quantitative estimate of drug-likeness (QED) is 0.559. The zero-order valence-electron chi connectivity index (χ0n) is 11.0. The number of benzene rings is 2. The standard InChI is InChI=1S/C15H9BrF4O2/c16-11-7-13(22-8-9-4-2-1-3-5-9)10(6-12(11)17)14(21)15(18,19)20/h1-7H,8H2. The summed E-state index contributed by atoms with van der Waals surface area (Å²) < 4.78 is 56.3. The molecule has 0 amide bonds. The highest BCUT2D eigenvalue weighted by molar-refractivity contribution is 9.10. The number of alkyl halides is 3. The summed E-state index contributed by atoms with van der Waals surface area (Å²) in [4.78, 5) is 11.4. The fourth-order valence-electron chi connectivity index (χ4n) is 1.71. The predicted molar refractivity (Wildman–Crippen MR) is 75.3 cm³/mol. The Morgan fingerprint density at radius 2 is 1.77 bits per heavy atom. The number of hydrogen-bond acceptors (Lipinski definition) is 2. The highest BCUT2D eigenvalue weighted by Gasteiger charge is 2.41. The first kappa shape index (κ1) is 16.5. The molecule has 0 saturated heterocycles. The summed E-state index contributed by atoms with van der Waals surface area (Å²) in [5, 5.41) is 0. The maximum Gasteiger partial charge on any atom is 0.455 e. The Balaban J connectivity index is 2.33.